The topological polar surface area (TPSA) is 69.7 Å². The molecule has 0 saturated carbocycles. The van der Waals surface area contributed by atoms with Crippen molar-refractivity contribution in [1.82, 2.24) is 14.5 Å². The number of thioether (sulfide) groups is 1. The molecule has 1 fully saturated rings. The number of hydrogen-bond acceptors (Lipinski definition) is 5. The Hall–Kier alpha value is -2.36. The van der Waals surface area contributed by atoms with Crippen LogP contribution in [-0.4, -0.2) is 62.0 Å². The zero-order valence-electron chi connectivity index (χ0n) is 20.9. The fourth-order valence-electron chi connectivity index (χ4n) is 4.17. The smallest absolute Gasteiger partial charge is 0.251 e. The molecule has 3 aromatic rings. The summed E-state index contributed by atoms with van der Waals surface area (Å²) in [4.78, 5) is 15.2. The molecular weight excluding hydrogens is 526 g/mol. The van der Waals surface area contributed by atoms with Crippen LogP contribution in [0.5, 0.6) is 0 Å². The number of amides is 1. The molecule has 1 N–H and O–H groups in total. The molecular formula is C28H32ClN3O3S2. The number of benzene rings is 3. The summed E-state index contributed by atoms with van der Waals surface area (Å²) >= 11 is 7.69. The SMILES string of the molecule is Cc1ccc(S(=O)(=O)N2CCN(Cc3cccc(C(=O)NCCSCc4ccc(Cl)cc4)c3)CC2)cc1. The maximum atomic E-state index is 13.0. The van der Waals surface area contributed by atoms with Crippen LogP contribution in [-0.2, 0) is 22.3 Å². The Bertz CT molecular complexity index is 1290. The van der Waals surface area contributed by atoms with E-state index in [1.807, 2.05) is 67.6 Å². The Morgan fingerprint density at radius 2 is 1.65 bits per heavy atom. The highest BCUT2D eigenvalue weighted by molar-refractivity contribution is 7.98. The number of halogens is 1. The monoisotopic (exact) mass is 557 g/mol. The van der Waals surface area contributed by atoms with Crippen LogP contribution >= 0.6 is 23.4 Å². The third-order valence-corrected chi connectivity index (χ3v) is 9.49. The van der Waals surface area contributed by atoms with Crippen molar-refractivity contribution < 1.29 is 13.2 Å². The molecule has 1 heterocycles. The van der Waals surface area contributed by atoms with Gasteiger partial charge in [0.1, 0.15) is 0 Å². The maximum absolute atomic E-state index is 13.0. The van der Waals surface area contributed by atoms with Gasteiger partial charge in [0.2, 0.25) is 10.0 Å². The summed E-state index contributed by atoms with van der Waals surface area (Å²) in [7, 11) is -3.48. The van der Waals surface area contributed by atoms with Crippen molar-refractivity contribution >= 4 is 39.3 Å². The van der Waals surface area contributed by atoms with E-state index in [4.69, 9.17) is 11.6 Å². The molecule has 0 bridgehead atoms. The second kappa shape index (κ2) is 12.9. The second-order valence-electron chi connectivity index (χ2n) is 9.13. The van der Waals surface area contributed by atoms with Crippen LogP contribution in [0.2, 0.25) is 5.02 Å². The Morgan fingerprint density at radius 3 is 2.35 bits per heavy atom. The Kier molecular flexibility index (Phi) is 9.67. The molecule has 0 radical (unpaired) electrons. The van der Waals surface area contributed by atoms with E-state index < -0.39 is 10.0 Å². The van der Waals surface area contributed by atoms with Crippen molar-refractivity contribution in [3.05, 3.63) is 100 Å². The van der Waals surface area contributed by atoms with E-state index in [0.717, 1.165) is 27.7 Å². The van der Waals surface area contributed by atoms with Crippen LogP contribution in [0.3, 0.4) is 0 Å². The Morgan fingerprint density at radius 1 is 0.946 bits per heavy atom. The quantitative estimate of drug-likeness (QED) is 0.362. The minimum atomic E-state index is -3.48. The summed E-state index contributed by atoms with van der Waals surface area (Å²) in [5, 5.41) is 3.73. The minimum absolute atomic E-state index is 0.0806. The van der Waals surface area contributed by atoms with Crippen LogP contribution in [0.4, 0.5) is 0 Å². The first-order valence-electron chi connectivity index (χ1n) is 12.3. The van der Waals surface area contributed by atoms with Gasteiger partial charge in [0.15, 0.2) is 0 Å². The van der Waals surface area contributed by atoms with E-state index >= 15 is 0 Å². The summed E-state index contributed by atoms with van der Waals surface area (Å²) in [5.74, 6) is 1.62. The second-order valence-corrected chi connectivity index (χ2v) is 12.6. The van der Waals surface area contributed by atoms with Crippen LogP contribution in [0, 0.1) is 6.92 Å². The first kappa shape index (κ1) is 27.7. The van der Waals surface area contributed by atoms with Crippen LogP contribution in [0.25, 0.3) is 0 Å². The van der Waals surface area contributed by atoms with Gasteiger partial charge in [-0.3, -0.25) is 9.69 Å². The van der Waals surface area contributed by atoms with Gasteiger partial charge in [-0.05, 0) is 54.4 Å². The van der Waals surface area contributed by atoms with Gasteiger partial charge in [-0.15, -0.1) is 0 Å². The number of nitrogens with one attached hydrogen (secondary N) is 1. The number of piperazine rings is 1. The van der Waals surface area contributed by atoms with E-state index in [1.54, 1.807) is 28.2 Å². The first-order chi connectivity index (χ1) is 17.8. The number of sulfonamides is 1. The predicted octanol–water partition coefficient (Wildman–Crippen LogP) is 4.82. The number of carbonyl (C=O) groups excluding carboxylic acids is 1. The molecule has 1 aliphatic heterocycles. The molecule has 0 aromatic heterocycles. The van der Waals surface area contributed by atoms with Crippen molar-refractivity contribution in [3.8, 4) is 0 Å². The normalized spacial score (nSPS) is 15.0. The maximum Gasteiger partial charge on any atom is 0.251 e. The fourth-order valence-corrected chi connectivity index (χ4v) is 6.53. The summed E-state index contributed by atoms with van der Waals surface area (Å²) in [6.07, 6.45) is 0. The lowest BCUT2D eigenvalue weighted by molar-refractivity contribution is 0.0956. The van der Waals surface area contributed by atoms with E-state index in [1.165, 1.54) is 5.56 Å². The lowest BCUT2D eigenvalue weighted by Crippen LogP contribution is -2.48. The molecule has 0 unspecified atom stereocenters. The average molecular weight is 558 g/mol. The summed E-state index contributed by atoms with van der Waals surface area (Å²) < 4.78 is 27.5. The molecule has 6 nitrogen and oxygen atoms in total. The molecule has 0 atom stereocenters. The largest absolute Gasteiger partial charge is 0.351 e. The number of carbonyl (C=O) groups is 1. The van der Waals surface area contributed by atoms with Gasteiger partial charge in [0.25, 0.3) is 5.91 Å². The molecule has 1 amide bonds. The molecule has 1 saturated heterocycles. The van der Waals surface area contributed by atoms with Crippen LogP contribution in [0.15, 0.2) is 77.7 Å². The van der Waals surface area contributed by atoms with Crippen molar-refractivity contribution in [2.75, 3.05) is 38.5 Å². The summed E-state index contributed by atoms with van der Waals surface area (Å²) in [6.45, 7) is 5.40. The van der Waals surface area contributed by atoms with E-state index in [-0.39, 0.29) is 5.91 Å². The van der Waals surface area contributed by atoms with Crippen LogP contribution < -0.4 is 5.32 Å². The van der Waals surface area contributed by atoms with Gasteiger partial charge in [0.05, 0.1) is 4.90 Å². The van der Waals surface area contributed by atoms with Crippen molar-refractivity contribution in [2.24, 2.45) is 0 Å². The van der Waals surface area contributed by atoms with Crippen molar-refractivity contribution in [2.45, 2.75) is 24.1 Å². The standard InChI is InChI=1S/C28H32ClN3O3S2/c1-22-5-11-27(12-6-22)37(34,35)32-16-14-31(15-17-32)20-24-3-2-4-25(19-24)28(33)30-13-18-36-21-23-7-9-26(29)10-8-23/h2-12,19H,13-18,20-21H2,1H3,(H,30,33). The van der Waals surface area contributed by atoms with Gasteiger partial charge in [0, 0.05) is 61.4 Å². The Balaban J connectivity index is 1.22. The number of aryl methyl sites for hydroxylation is 1. The molecule has 1 aliphatic rings. The molecule has 196 valence electrons. The predicted molar refractivity (Wildman–Crippen MR) is 152 cm³/mol. The van der Waals surface area contributed by atoms with E-state index in [0.29, 0.717) is 49.7 Å². The molecule has 0 spiro atoms. The highest BCUT2D eigenvalue weighted by Crippen LogP contribution is 2.19. The summed E-state index contributed by atoms with van der Waals surface area (Å²) in [6, 6.07) is 22.5. The highest BCUT2D eigenvalue weighted by atomic mass is 35.5. The Labute approximate surface area is 229 Å². The highest BCUT2D eigenvalue weighted by Gasteiger charge is 2.28. The number of rotatable bonds is 10. The fraction of sp³-hybridized carbons (Fsp3) is 0.321. The van der Waals surface area contributed by atoms with Gasteiger partial charge in [-0.1, -0.05) is 53.6 Å². The lowest BCUT2D eigenvalue weighted by atomic mass is 10.1. The van der Waals surface area contributed by atoms with Gasteiger partial charge >= 0.3 is 0 Å². The zero-order chi connectivity index (χ0) is 26.3. The van der Waals surface area contributed by atoms with Gasteiger partial charge in [-0.2, -0.15) is 16.1 Å². The lowest BCUT2D eigenvalue weighted by Gasteiger charge is -2.34. The van der Waals surface area contributed by atoms with Gasteiger partial charge in [-0.25, -0.2) is 8.42 Å². The molecule has 4 rings (SSSR count). The van der Waals surface area contributed by atoms with E-state index in [2.05, 4.69) is 10.2 Å². The minimum Gasteiger partial charge on any atom is -0.351 e. The van der Waals surface area contributed by atoms with E-state index in [9.17, 15) is 13.2 Å². The molecule has 3 aromatic carbocycles. The average Bonchev–Trinajstić information content (AvgIpc) is 2.90. The molecule has 37 heavy (non-hydrogen) atoms. The molecule has 9 heteroatoms. The molecule has 0 aliphatic carbocycles. The third-order valence-electron chi connectivity index (χ3n) is 6.30. The number of hydrogen-bond donors (Lipinski definition) is 1. The third kappa shape index (κ3) is 7.82. The zero-order valence-corrected chi connectivity index (χ0v) is 23.3. The van der Waals surface area contributed by atoms with Crippen molar-refractivity contribution in [1.29, 1.82) is 0 Å². The first-order valence-corrected chi connectivity index (χ1v) is 15.3. The van der Waals surface area contributed by atoms with Crippen LogP contribution in [0.1, 0.15) is 27.0 Å². The number of nitrogens with zero attached hydrogens (tertiary/aromatic N) is 2. The summed E-state index contributed by atoms with van der Waals surface area (Å²) in [5.41, 5.74) is 3.93. The van der Waals surface area contributed by atoms with Gasteiger partial charge < -0.3 is 5.32 Å². The van der Waals surface area contributed by atoms with Crippen molar-refractivity contribution in [3.63, 3.8) is 0 Å².